The molecular formula is C44H78O6. The van der Waals surface area contributed by atoms with Gasteiger partial charge in [-0.1, -0.05) is 184 Å². The Morgan fingerprint density at radius 1 is 0.500 bits per heavy atom. The summed E-state index contributed by atoms with van der Waals surface area (Å²) in [7, 11) is 0. The van der Waals surface area contributed by atoms with Gasteiger partial charge in [0.1, 0.15) is 19.3 Å². The zero-order chi connectivity index (χ0) is 36.6. The van der Waals surface area contributed by atoms with E-state index in [-0.39, 0.29) is 31.6 Å². The van der Waals surface area contributed by atoms with Crippen molar-refractivity contribution < 1.29 is 29.3 Å². The van der Waals surface area contributed by atoms with E-state index in [1.54, 1.807) is 0 Å². The molecule has 0 aromatic heterocycles. The van der Waals surface area contributed by atoms with Gasteiger partial charge in [-0.2, -0.15) is 0 Å². The Bertz CT molecular complexity index is 861. The molecule has 0 heterocycles. The fraction of sp³-hybridized carbons (Fsp3) is 0.773. The predicted octanol–water partition coefficient (Wildman–Crippen LogP) is 12.0. The van der Waals surface area contributed by atoms with Gasteiger partial charge in [-0.25, -0.2) is 0 Å². The van der Waals surface area contributed by atoms with Crippen LogP contribution in [0, 0.1) is 0 Å². The first-order valence-electron chi connectivity index (χ1n) is 20.8. The van der Waals surface area contributed by atoms with Crippen LogP contribution in [0.25, 0.3) is 0 Å². The van der Waals surface area contributed by atoms with Crippen LogP contribution in [0.15, 0.2) is 48.6 Å². The second kappa shape index (κ2) is 39.6. The lowest BCUT2D eigenvalue weighted by molar-refractivity contribution is -0.152. The number of aliphatic hydroxyl groups excluding tert-OH is 2. The Balaban J connectivity index is 3.56. The van der Waals surface area contributed by atoms with Crippen LogP contribution in [0.4, 0.5) is 0 Å². The Morgan fingerprint density at radius 2 is 0.940 bits per heavy atom. The van der Waals surface area contributed by atoms with Crippen molar-refractivity contribution >= 4 is 11.9 Å². The molecule has 0 aromatic carbocycles. The maximum absolute atomic E-state index is 12.0. The molecule has 290 valence electrons. The molecule has 0 saturated carbocycles. The predicted molar refractivity (Wildman–Crippen MR) is 211 cm³/mol. The fourth-order valence-electron chi connectivity index (χ4n) is 5.69. The van der Waals surface area contributed by atoms with Gasteiger partial charge in [-0.05, 0) is 44.9 Å². The highest BCUT2D eigenvalue weighted by Gasteiger charge is 2.12. The summed E-state index contributed by atoms with van der Waals surface area (Å²) in [6.45, 7) is 4.16. The number of carbonyl (C=O) groups excluding carboxylic acids is 2. The molecule has 0 aliphatic rings. The molecule has 2 N–H and O–H groups in total. The maximum Gasteiger partial charge on any atom is 0.305 e. The van der Waals surface area contributed by atoms with Gasteiger partial charge in [-0.3, -0.25) is 9.59 Å². The third-order valence-electron chi connectivity index (χ3n) is 8.90. The van der Waals surface area contributed by atoms with Crippen LogP contribution < -0.4 is 0 Å². The van der Waals surface area contributed by atoms with E-state index in [1.165, 1.54) is 116 Å². The number of aliphatic hydroxyl groups is 2. The van der Waals surface area contributed by atoms with Crippen LogP contribution >= 0.6 is 0 Å². The van der Waals surface area contributed by atoms with Crippen molar-refractivity contribution in [3.63, 3.8) is 0 Å². The van der Waals surface area contributed by atoms with E-state index in [2.05, 4.69) is 19.9 Å². The second-order valence-corrected chi connectivity index (χ2v) is 14.0. The number of allylic oxidation sites excluding steroid dienone is 6. The molecule has 50 heavy (non-hydrogen) atoms. The molecule has 0 fully saturated rings. The SMILES string of the molecule is CCCCC/C=C\C=C/[C@@H](O)C/C=C\C/C=C/CCCC(=O)OC[C@H](O)COC(=O)CCCCCCCCCCCCCCCCCCCC. The molecule has 0 spiro atoms. The average molecular weight is 703 g/mol. The fourth-order valence-corrected chi connectivity index (χ4v) is 5.69. The smallest absolute Gasteiger partial charge is 0.305 e. The first-order valence-corrected chi connectivity index (χ1v) is 20.8. The number of hydrogen-bond donors (Lipinski definition) is 2. The Kier molecular flexibility index (Phi) is 37.9. The van der Waals surface area contributed by atoms with E-state index in [0.29, 0.717) is 19.3 Å². The normalized spacial score (nSPS) is 13.3. The Hall–Kier alpha value is -2.18. The molecule has 6 nitrogen and oxygen atoms in total. The summed E-state index contributed by atoms with van der Waals surface area (Å²) in [5.74, 6) is -0.664. The number of hydrogen-bond acceptors (Lipinski definition) is 6. The van der Waals surface area contributed by atoms with Crippen molar-refractivity contribution in [2.24, 2.45) is 0 Å². The molecule has 0 saturated heterocycles. The van der Waals surface area contributed by atoms with E-state index in [1.807, 2.05) is 42.5 Å². The maximum atomic E-state index is 12.0. The van der Waals surface area contributed by atoms with E-state index in [0.717, 1.165) is 38.5 Å². The minimum absolute atomic E-state index is 0.148. The zero-order valence-corrected chi connectivity index (χ0v) is 32.5. The van der Waals surface area contributed by atoms with Crippen molar-refractivity contribution in [1.29, 1.82) is 0 Å². The van der Waals surface area contributed by atoms with Crippen LogP contribution in [0.5, 0.6) is 0 Å². The topological polar surface area (TPSA) is 93.1 Å². The van der Waals surface area contributed by atoms with Gasteiger partial charge in [0.2, 0.25) is 0 Å². The van der Waals surface area contributed by atoms with Gasteiger partial charge in [0.05, 0.1) is 6.10 Å². The van der Waals surface area contributed by atoms with Crippen LogP contribution in [0.1, 0.15) is 194 Å². The molecule has 0 aliphatic heterocycles. The summed E-state index contributed by atoms with van der Waals surface area (Å²) >= 11 is 0. The van der Waals surface area contributed by atoms with Crippen LogP contribution in [0.2, 0.25) is 0 Å². The summed E-state index contributed by atoms with van der Waals surface area (Å²) in [5, 5.41) is 20.0. The standard InChI is InChI=1S/C44H78O6/c1-3-5-7-9-11-12-13-14-15-16-17-18-19-20-21-25-29-33-37-43(47)49-39-42(46)40-50-44(48)38-34-30-26-22-24-28-32-36-41(45)35-31-27-23-10-8-6-4-2/h22-23,26-28,31-32,35,41-42,45-46H,3-21,24-25,29-30,33-34,36-40H2,1-2H3/b26-22+,27-23-,32-28-,35-31-/t41-,42-/m1/s1. The lowest BCUT2D eigenvalue weighted by Crippen LogP contribution is -2.25. The number of ether oxygens (including phenoxy) is 2. The number of esters is 2. The first-order chi connectivity index (χ1) is 24.5. The zero-order valence-electron chi connectivity index (χ0n) is 32.5. The van der Waals surface area contributed by atoms with Gasteiger partial charge < -0.3 is 19.7 Å². The molecule has 0 radical (unpaired) electrons. The van der Waals surface area contributed by atoms with E-state index in [9.17, 15) is 19.8 Å². The molecular weight excluding hydrogens is 624 g/mol. The number of unbranched alkanes of at least 4 members (excludes halogenated alkanes) is 21. The van der Waals surface area contributed by atoms with Crippen LogP contribution in [0.3, 0.4) is 0 Å². The van der Waals surface area contributed by atoms with Gasteiger partial charge in [0.15, 0.2) is 0 Å². The number of rotatable bonds is 37. The summed E-state index contributed by atoms with van der Waals surface area (Å²) in [5.41, 5.74) is 0. The first kappa shape index (κ1) is 47.8. The number of carbonyl (C=O) groups is 2. The van der Waals surface area contributed by atoms with Gasteiger partial charge >= 0.3 is 11.9 Å². The monoisotopic (exact) mass is 703 g/mol. The van der Waals surface area contributed by atoms with E-state index >= 15 is 0 Å². The molecule has 2 atom stereocenters. The van der Waals surface area contributed by atoms with Gasteiger partial charge in [0.25, 0.3) is 0 Å². The van der Waals surface area contributed by atoms with Crippen LogP contribution in [-0.2, 0) is 19.1 Å². The third-order valence-corrected chi connectivity index (χ3v) is 8.90. The minimum atomic E-state index is -1.00. The third kappa shape index (κ3) is 38.6. The summed E-state index contributed by atoms with van der Waals surface area (Å²) in [6, 6.07) is 0. The molecule has 0 amide bonds. The Morgan fingerprint density at radius 3 is 1.48 bits per heavy atom. The summed E-state index contributed by atoms with van der Waals surface area (Å²) < 4.78 is 10.3. The van der Waals surface area contributed by atoms with Crippen molar-refractivity contribution in [2.45, 2.75) is 206 Å². The minimum Gasteiger partial charge on any atom is -0.463 e. The molecule has 0 rings (SSSR count). The highest BCUT2D eigenvalue weighted by atomic mass is 16.6. The molecule has 0 aliphatic carbocycles. The highest BCUT2D eigenvalue weighted by Crippen LogP contribution is 2.15. The van der Waals surface area contributed by atoms with Gasteiger partial charge in [0, 0.05) is 12.8 Å². The lowest BCUT2D eigenvalue weighted by Gasteiger charge is -2.12. The van der Waals surface area contributed by atoms with Crippen molar-refractivity contribution in [1.82, 2.24) is 0 Å². The van der Waals surface area contributed by atoms with Crippen molar-refractivity contribution in [3.8, 4) is 0 Å². The second-order valence-electron chi connectivity index (χ2n) is 14.0. The Labute approximate surface area is 308 Å². The van der Waals surface area contributed by atoms with Crippen molar-refractivity contribution in [2.75, 3.05) is 13.2 Å². The average Bonchev–Trinajstić information content (AvgIpc) is 3.11. The molecule has 0 bridgehead atoms. The summed E-state index contributed by atoms with van der Waals surface area (Å²) in [6.07, 6.45) is 46.3. The van der Waals surface area contributed by atoms with E-state index in [4.69, 9.17) is 9.47 Å². The van der Waals surface area contributed by atoms with E-state index < -0.39 is 12.2 Å². The lowest BCUT2D eigenvalue weighted by atomic mass is 10.0. The summed E-state index contributed by atoms with van der Waals surface area (Å²) in [4.78, 5) is 23.9. The quantitative estimate of drug-likeness (QED) is 0.0290. The molecule has 0 unspecified atom stereocenters. The van der Waals surface area contributed by atoms with Crippen LogP contribution in [-0.4, -0.2) is 47.6 Å². The van der Waals surface area contributed by atoms with Gasteiger partial charge in [-0.15, -0.1) is 0 Å². The largest absolute Gasteiger partial charge is 0.463 e. The van der Waals surface area contributed by atoms with Crippen molar-refractivity contribution in [3.05, 3.63) is 48.6 Å². The molecule has 0 aromatic rings. The highest BCUT2D eigenvalue weighted by molar-refractivity contribution is 5.69. The molecule has 6 heteroatoms.